The van der Waals surface area contributed by atoms with Crippen LogP contribution in [0, 0.1) is 35.5 Å². The van der Waals surface area contributed by atoms with Crippen LogP contribution in [0.2, 0.25) is 0 Å². The lowest BCUT2D eigenvalue weighted by atomic mass is 9.82. The second kappa shape index (κ2) is 13.2. The van der Waals surface area contributed by atoms with Crippen molar-refractivity contribution in [3.05, 3.63) is 31.5 Å². The fourth-order valence-corrected chi connectivity index (χ4v) is 7.94. The van der Waals surface area contributed by atoms with Gasteiger partial charge in [-0.1, -0.05) is 6.92 Å². The van der Waals surface area contributed by atoms with Crippen molar-refractivity contribution >= 4 is 17.9 Å². The van der Waals surface area contributed by atoms with E-state index in [1.54, 1.807) is 0 Å². The second-order valence-corrected chi connectivity index (χ2v) is 13.0. The molecule has 1 aromatic heterocycles. The highest BCUT2D eigenvalue weighted by molar-refractivity contribution is 5.69. The highest BCUT2D eigenvalue weighted by Gasteiger charge is 2.46. The highest BCUT2D eigenvalue weighted by atomic mass is 16.5. The molecule has 8 atom stereocenters. The third-order valence-corrected chi connectivity index (χ3v) is 10.1. The van der Waals surface area contributed by atoms with Crippen molar-refractivity contribution in [3.8, 4) is 0 Å². The number of carbonyl (C=O) groups excluding carboxylic acids is 2. The Hall–Kier alpha value is -3.22. The Morgan fingerprint density at radius 1 is 0.791 bits per heavy atom. The molecule has 0 amide bonds. The first kappa shape index (κ1) is 31.2. The summed E-state index contributed by atoms with van der Waals surface area (Å²) in [6.07, 6.45) is 5.88. The monoisotopic (exact) mass is 605 g/mol. The summed E-state index contributed by atoms with van der Waals surface area (Å²) in [4.78, 5) is 75.0. The Morgan fingerprint density at radius 2 is 1.37 bits per heavy atom. The molecule has 0 spiro atoms. The van der Waals surface area contributed by atoms with Gasteiger partial charge < -0.3 is 19.3 Å². The average Bonchev–Trinajstić information content (AvgIpc) is 3.73. The number of aliphatic carboxylic acids is 1. The lowest BCUT2D eigenvalue weighted by Gasteiger charge is -2.26. The quantitative estimate of drug-likeness (QED) is 0.306. The van der Waals surface area contributed by atoms with Crippen molar-refractivity contribution in [2.75, 3.05) is 13.2 Å². The van der Waals surface area contributed by atoms with E-state index in [0.717, 1.165) is 34.3 Å². The number of fused-ring (bicyclic) bond motifs is 4. The number of ether oxygens (including phenoxy) is 3. The first-order valence-corrected chi connectivity index (χ1v) is 15.6. The number of nitrogens with zero attached hydrogens (tertiary/aromatic N) is 3. The van der Waals surface area contributed by atoms with Crippen LogP contribution in [0.3, 0.4) is 0 Å². The van der Waals surface area contributed by atoms with Gasteiger partial charge in [-0.25, -0.2) is 28.1 Å². The fourth-order valence-electron chi connectivity index (χ4n) is 7.94. The van der Waals surface area contributed by atoms with Gasteiger partial charge in [-0.2, -0.15) is 0 Å². The highest BCUT2D eigenvalue weighted by Crippen LogP contribution is 2.51. The zero-order valence-corrected chi connectivity index (χ0v) is 25.0. The molecule has 1 aliphatic heterocycles. The van der Waals surface area contributed by atoms with Crippen molar-refractivity contribution in [1.29, 1.82) is 0 Å². The van der Waals surface area contributed by atoms with E-state index < -0.39 is 41.5 Å². The van der Waals surface area contributed by atoms with Gasteiger partial charge in [0.25, 0.3) is 0 Å². The van der Waals surface area contributed by atoms with E-state index in [1.807, 2.05) is 0 Å². The molecule has 5 rings (SSSR count). The minimum Gasteiger partial charge on any atom is -0.480 e. The van der Waals surface area contributed by atoms with Crippen molar-refractivity contribution < 1.29 is 33.7 Å². The molecule has 238 valence electrons. The number of carboxylic acid groups (broad SMARTS) is 1. The number of rotatable bonds is 14. The van der Waals surface area contributed by atoms with Crippen molar-refractivity contribution in [2.45, 2.75) is 103 Å². The minimum absolute atomic E-state index is 0.0291. The largest absolute Gasteiger partial charge is 0.480 e. The lowest BCUT2D eigenvalue weighted by molar-refractivity contribution is -0.148. The van der Waals surface area contributed by atoms with Gasteiger partial charge in [0.2, 0.25) is 0 Å². The molecule has 13 heteroatoms. The third kappa shape index (κ3) is 6.97. The number of esters is 2. The van der Waals surface area contributed by atoms with Gasteiger partial charge in [-0.3, -0.25) is 14.4 Å². The van der Waals surface area contributed by atoms with E-state index in [9.17, 15) is 33.9 Å². The third-order valence-electron chi connectivity index (χ3n) is 10.1. The van der Waals surface area contributed by atoms with Crippen LogP contribution in [0.4, 0.5) is 0 Å². The molecule has 4 bridgehead atoms. The van der Waals surface area contributed by atoms with Crippen LogP contribution in [0.25, 0.3) is 0 Å². The summed E-state index contributed by atoms with van der Waals surface area (Å²) in [5.41, 5.74) is -3.03. The molecule has 8 unspecified atom stereocenters. The molecule has 13 nitrogen and oxygen atoms in total. The van der Waals surface area contributed by atoms with Crippen LogP contribution in [-0.2, 0) is 48.2 Å². The SMILES string of the molecule is CC1CC2CC(COC(=O)CCCn3c(=O)n(CCCC(=O)OCC4CC5CC4OC5C)c(=O)n(CC(=O)O)c3=O)C1C2. The fraction of sp³-hybridized carbons (Fsp3) is 0.800. The van der Waals surface area contributed by atoms with E-state index >= 15 is 0 Å². The number of aromatic nitrogens is 3. The topological polar surface area (TPSA) is 165 Å². The van der Waals surface area contributed by atoms with Crippen LogP contribution in [0.5, 0.6) is 0 Å². The molecule has 3 aliphatic carbocycles. The normalized spacial score (nSPS) is 30.6. The Bertz CT molecular complexity index is 1390. The van der Waals surface area contributed by atoms with E-state index in [1.165, 1.54) is 12.8 Å². The molecule has 43 heavy (non-hydrogen) atoms. The summed E-state index contributed by atoms with van der Waals surface area (Å²) in [7, 11) is 0. The maximum absolute atomic E-state index is 13.1. The Balaban J connectivity index is 1.14. The molecular formula is C30H43N3O10. The Morgan fingerprint density at radius 3 is 1.86 bits per heavy atom. The molecular weight excluding hydrogens is 562 g/mol. The number of carboxylic acids is 1. The average molecular weight is 606 g/mol. The van der Waals surface area contributed by atoms with E-state index in [-0.39, 0.29) is 63.5 Å². The molecule has 0 radical (unpaired) electrons. The first-order chi connectivity index (χ1) is 20.5. The standard InChI is InChI=1S/C30H43N3O10/c1-17-9-19-10-21(23(17)11-19)15-41-26(36)5-3-7-31-28(38)32(30(40)33(29(31)39)14-25(34)35)8-4-6-27(37)42-16-22-12-20-13-24(22)43-18(20)2/h17-24H,3-16H2,1-2H3,(H,34,35). The van der Waals surface area contributed by atoms with Crippen molar-refractivity contribution in [3.63, 3.8) is 0 Å². The van der Waals surface area contributed by atoms with Crippen molar-refractivity contribution in [2.24, 2.45) is 35.5 Å². The summed E-state index contributed by atoms with van der Waals surface area (Å²) >= 11 is 0. The number of hydrogen-bond donors (Lipinski definition) is 1. The van der Waals surface area contributed by atoms with Gasteiger partial charge in [0.1, 0.15) is 6.54 Å². The Kier molecular flexibility index (Phi) is 9.57. The maximum Gasteiger partial charge on any atom is 0.336 e. The van der Waals surface area contributed by atoms with Gasteiger partial charge in [0.05, 0.1) is 25.4 Å². The maximum atomic E-state index is 13.1. The molecule has 1 saturated heterocycles. The van der Waals surface area contributed by atoms with Gasteiger partial charge in [0, 0.05) is 31.8 Å². The van der Waals surface area contributed by atoms with Gasteiger partial charge in [-0.05, 0) is 81.5 Å². The predicted molar refractivity (Wildman–Crippen MR) is 151 cm³/mol. The number of hydrogen-bond acceptors (Lipinski definition) is 9. The molecule has 1 N–H and O–H groups in total. The van der Waals surface area contributed by atoms with Gasteiger partial charge in [-0.15, -0.1) is 0 Å². The summed E-state index contributed by atoms with van der Waals surface area (Å²) in [5, 5.41) is 9.25. The van der Waals surface area contributed by atoms with Crippen LogP contribution < -0.4 is 17.1 Å². The molecule has 4 aliphatic rings. The summed E-state index contributed by atoms with van der Waals surface area (Å²) in [6.45, 7) is 3.61. The van der Waals surface area contributed by atoms with Crippen LogP contribution in [0.15, 0.2) is 14.4 Å². The van der Waals surface area contributed by atoms with Gasteiger partial charge in [0.15, 0.2) is 0 Å². The first-order valence-electron chi connectivity index (χ1n) is 15.6. The molecule has 3 saturated carbocycles. The Labute approximate surface area is 249 Å². The minimum atomic E-state index is -1.42. The zero-order valence-electron chi connectivity index (χ0n) is 25.0. The van der Waals surface area contributed by atoms with Crippen molar-refractivity contribution in [1.82, 2.24) is 13.7 Å². The molecule has 0 aromatic carbocycles. The van der Waals surface area contributed by atoms with Crippen LogP contribution in [0.1, 0.15) is 71.6 Å². The van der Waals surface area contributed by atoms with E-state index in [4.69, 9.17) is 14.2 Å². The molecule has 2 heterocycles. The molecule has 1 aromatic rings. The summed E-state index contributed by atoms with van der Waals surface area (Å²) in [5.74, 6) is 0.675. The lowest BCUT2D eigenvalue weighted by Crippen LogP contribution is -2.55. The number of carbonyl (C=O) groups is 3. The summed E-state index contributed by atoms with van der Waals surface area (Å²) in [6, 6.07) is 0. The summed E-state index contributed by atoms with van der Waals surface area (Å²) < 4.78 is 18.8. The second-order valence-electron chi connectivity index (χ2n) is 13.0. The predicted octanol–water partition coefficient (Wildman–Crippen LogP) is 1.40. The van der Waals surface area contributed by atoms with Crippen LogP contribution in [-0.4, -0.2) is 62.1 Å². The zero-order chi connectivity index (χ0) is 30.8. The van der Waals surface area contributed by atoms with Crippen LogP contribution >= 0.6 is 0 Å². The smallest absolute Gasteiger partial charge is 0.336 e. The molecule has 4 fully saturated rings. The van der Waals surface area contributed by atoms with E-state index in [0.29, 0.717) is 34.8 Å². The van der Waals surface area contributed by atoms with E-state index in [2.05, 4.69) is 13.8 Å². The van der Waals surface area contributed by atoms with Gasteiger partial charge >= 0.3 is 35.0 Å².